The van der Waals surface area contributed by atoms with Crippen molar-refractivity contribution in [2.75, 3.05) is 0 Å². The zero-order chi connectivity index (χ0) is 17.7. The number of aliphatic hydroxyl groups excluding tert-OH is 2. The summed E-state index contributed by atoms with van der Waals surface area (Å²) in [6, 6.07) is 17.0. The number of para-hydroxylation sites is 2. The van der Waals surface area contributed by atoms with Gasteiger partial charge in [-0.2, -0.15) is 4.57 Å². The first-order valence-corrected chi connectivity index (χ1v) is 9.05. The number of hydrogen-bond donors (Lipinski definition) is 2. The molecule has 1 aliphatic carbocycles. The van der Waals surface area contributed by atoms with Gasteiger partial charge in [-0.25, -0.2) is 0 Å². The van der Waals surface area contributed by atoms with Crippen LogP contribution in [0.25, 0.3) is 0 Å². The minimum atomic E-state index is -4.09. The Morgan fingerprint density at radius 2 is 1.28 bits per heavy atom. The maximum absolute atomic E-state index is 13.1. The molecular weight excluding hydrogens is 343 g/mol. The van der Waals surface area contributed by atoms with Crippen LogP contribution in [0, 0.1) is 0 Å². The molecule has 7 heteroatoms. The SMILES string of the molecule is O=P(OC1=CC(O)C(O)C=C1)(Oc1ccccc1)Oc1ccccc1. The highest BCUT2D eigenvalue weighted by Crippen LogP contribution is 2.51. The summed E-state index contributed by atoms with van der Waals surface area (Å²) in [5.41, 5.74) is 0. The van der Waals surface area contributed by atoms with Crippen molar-refractivity contribution in [2.45, 2.75) is 12.2 Å². The lowest BCUT2D eigenvalue weighted by molar-refractivity contribution is 0.0759. The summed E-state index contributed by atoms with van der Waals surface area (Å²) in [5, 5.41) is 19.2. The molecule has 2 unspecified atom stereocenters. The Bertz CT molecular complexity index is 757. The van der Waals surface area contributed by atoms with Crippen molar-refractivity contribution in [1.82, 2.24) is 0 Å². The van der Waals surface area contributed by atoms with Gasteiger partial charge in [0.1, 0.15) is 29.5 Å². The molecule has 130 valence electrons. The Balaban J connectivity index is 1.85. The number of rotatable bonds is 6. The van der Waals surface area contributed by atoms with Crippen molar-refractivity contribution >= 4 is 7.82 Å². The number of phosphoric acid groups is 1. The van der Waals surface area contributed by atoms with Gasteiger partial charge in [0, 0.05) is 0 Å². The molecule has 2 atom stereocenters. The molecule has 2 N–H and O–H groups in total. The average Bonchev–Trinajstić information content (AvgIpc) is 2.60. The molecule has 0 fully saturated rings. The van der Waals surface area contributed by atoms with E-state index >= 15 is 0 Å². The van der Waals surface area contributed by atoms with E-state index in [0.29, 0.717) is 11.5 Å². The largest absolute Gasteiger partial charge is 0.647 e. The fourth-order valence-corrected chi connectivity index (χ4v) is 3.35. The molecule has 0 aromatic heterocycles. The molecular formula is C18H17O6P. The second-order valence-corrected chi connectivity index (χ2v) is 6.70. The van der Waals surface area contributed by atoms with Gasteiger partial charge in [-0.3, -0.25) is 0 Å². The van der Waals surface area contributed by atoms with Crippen LogP contribution in [0.2, 0.25) is 0 Å². The van der Waals surface area contributed by atoms with E-state index in [1.165, 1.54) is 18.2 Å². The van der Waals surface area contributed by atoms with Crippen LogP contribution in [0.4, 0.5) is 0 Å². The smallest absolute Gasteiger partial charge is 0.386 e. The van der Waals surface area contributed by atoms with Crippen LogP contribution in [0.15, 0.2) is 84.7 Å². The number of benzene rings is 2. The summed E-state index contributed by atoms with van der Waals surface area (Å²) >= 11 is 0. The van der Waals surface area contributed by atoms with Crippen molar-refractivity contribution in [3.8, 4) is 11.5 Å². The second-order valence-electron chi connectivity index (χ2n) is 5.26. The number of phosphoric ester groups is 1. The van der Waals surface area contributed by atoms with Crippen molar-refractivity contribution in [1.29, 1.82) is 0 Å². The lowest BCUT2D eigenvalue weighted by Crippen LogP contribution is -2.24. The normalized spacial score (nSPS) is 19.8. The third kappa shape index (κ3) is 4.73. The molecule has 0 radical (unpaired) electrons. The second kappa shape index (κ2) is 7.57. The predicted octanol–water partition coefficient (Wildman–Crippen LogP) is 3.44. The van der Waals surface area contributed by atoms with Gasteiger partial charge in [0.2, 0.25) is 0 Å². The minimum Gasteiger partial charge on any atom is -0.386 e. The Morgan fingerprint density at radius 3 is 1.76 bits per heavy atom. The highest BCUT2D eigenvalue weighted by Gasteiger charge is 2.34. The van der Waals surface area contributed by atoms with E-state index < -0.39 is 20.0 Å². The van der Waals surface area contributed by atoms with Crippen molar-refractivity contribution in [2.24, 2.45) is 0 Å². The third-order valence-corrected chi connectivity index (χ3v) is 4.58. The highest BCUT2D eigenvalue weighted by molar-refractivity contribution is 7.49. The lowest BCUT2D eigenvalue weighted by atomic mass is 10.1. The molecule has 6 nitrogen and oxygen atoms in total. The fraction of sp³-hybridized carbons (Fsp3) is 0.111. The number of aliphatic hydroxyl groups is 2. The quantitative estimate of drug-likeness (QED) is 0.768. The molecule has 2 aromatic rings. The van der Waals surface area contributed by atoms with E-state index in [1.807, 2.05) is 0 Å². The molecule has 0 saturated carbocycles. The van der Waals surface area contributed by atoms with Gasteiger partial charge < -0.3 is 23.8 Å². The van der Waals surface area contributed by atoms with Crippen LogP contribution in [-0.2, 0) is 9.09 Å². The molecule has 0 heterocycles. The number of allylic oxidation sites excluding steroid dienone is 1. The van der Waals surface area contributed by atoms with Crippen molar-refractivity contribution in [3.05, 3.63) is 84.7 Å². The topological polar surface area (TPSA) is 85.2 Å². The molecule has 3 rings (SSSR count). The van der Waals surface area contributed by atoms with Gasteiger partial charge in [-0.05, 0) is 42.5 Å². The Kier molecular flexibility index (Phi) is 5.24. The molecule has 25 heavy (non-hydrogen) atoms. The van der Waals surface area contributed by atoms with Gasteiger partial charge in [-0.1, -0.05) is 36.4 Å². The van der Waals surface area contributed by atoms with Crippen LogP contribution in [0.5, 0.6) is 11.5 Å². The lowest BCUT2D eigenvalue weighted by Gasteiger charge is -2.22. The Labute approximate surface area is 145 Å². The van der Waals surface area contributed by atoms with Crippen LogP contribution < -0.4 is 9.05 Å². The van der Waals surface area contributed by atoms with E-state index in [-0.39, 0.29) is 5.76 Å². The van der Waals surface area contributed by atoms with Crippen LogP contribution in [-0.4, -0.2) is 22.4 Å². The van der Waals surface area contributed by atoms with E-state index in [0.717, 1.165) is 0 Å². The van der Waals surface area contributed by atoms with Gasteiger partial charge in [-0.15, -0.1) is 0 Å². The summed E-state index contributed by atoms with van der Waals surface area (Å²) in [6.45, 7) is 0. The van der Waals surface area contributed by atoms with Crippen LogP contribution >= 0.6 is 7.82 Å². The molecule has 2 aromatic carbocycles. The average molecular weight is 360 g/mol. The monoisotopic (exact) mass is 360 g/mol. The molecule has 0 spiro atoms. The maximum atomic E-state index is 13.1. The van der Waals surface area contributed by atoms with Crippen LogP contribution in [0.3, 0.4) is 0 Å². The van der Waals surface area contributed by atoms with Crippen molar-refractivity contribution < 1.29 is 28.3 Å². The molecule has 0 saturated heterocycles. The Morgan fingerprint density at radius 1 is 0.760 bits per heavy atom. The summed E-state index contributed by atoms with van der Waals surface area (Å²) in [5.74, 6) is 0.693. The van der Waals surface area contributed by atoms with Crippen LogP contribution in [0.1, 0.15) is 0 Å². The molecule has 0 bridgehead atoms. The predicted molar refractivity (Wildman–Crippen MR) is 92.1 cm³/mol. The summed E-state index contributed by atoms with van der Waals surface area (Å²) in [6.07, 6.45) is 1.75. The van der Waals surface area contributed by atoms with E-state index in [2.05, 4.69) is 0 Å². The zero-order valence-electron chi connectivity index (χ0n) is 13.1. The molecule has 0 aliphatic heterocycles. The van der Waals surface area contributed by atoms with E-state index in [1.54, 1.807) is 60.7 Å². The Hall–Kier alpha value is -2.53. The summed E-state index contributed by atoms with van der Waals surface area (Å²) in [4.78, 5) is 0. The van der Waals surface area contributed by atoms with E-state index in [4.69, 9.17) is 13.6 Å². The van der Waals surface area contributed by atoms with E-state index in [9.17, 15) is 14.8 Å². The number of hydrogen-bond acceptors (Lipinski definition) is 6. The van der Waals surface area contributed by atoms with Gasteiger partial charge in [0.15, 0.2) is 0 Å². The zero-order valence-corrected chi connectivity index (χ0v) is 14.0. The molecule has 0 amide bonds. The summed E-state index contributed by atoms with van der Waals surface area (Å²) in [7, 11) is -4.09. The highest BCUT2D eigenvalue weighted by atomic mass is 31.2. The van der Waals surface area contributed by atoms with Gasteiger partial charge >= 0.3 is 7.82 Å². The summed E-state index contributed by atoms with van der Waals surface area (Å²) < 4.78 is 29.5. The first kappa shape index (κ1) is 17.3. The first-order valence-electron chi connectivity index (χ1n) is 7.59. The fourth-order valence-electron chi connectivity index (χ4n) is 2.10. The van der Waals surface area contributed by atoms with Gasteiger partial charge in [0.05, 0.1) is 0 Å². The first-order chi connectivity index (χ1) is 12.0. The van der Waals surface area contributed by atoms with Crippen molar-refractivity contribution in [3.63, 3.8) is 0 Å². The molecule has 1 aliphatic rings. The minimum absolute atomic E-state index is 0.0768. The standard InChI is InChI=1S/C18H17O6P/c19-17-12-11-16(13-18(17)20)24-25(21,22-14-7-3-1-4-8-14)23-15-9-5-2-6-10-15/h1-13,17-20H. The maximum Gasteiger partial charge on any atom is 0.647 e. The van der Waals surface area contributed by atoms with Gasteiger partial charge in [0.25, 0.3) is 0 Å². The third-order valence-electron chi connectivity index (χ3n) is 3.28.